The van der Waals surface area contributed by atoms with Gasteiger partial charge in [0, 0.05) is 5.02 Å². The maximum atomic E-state index is 11.9. The molecule has 2 rings (SSSR count). The van der Waals surface area contributed by atoms with Gasteiger partial charge in [-0.15, -0.1) is 0 Å². The molecule has 0 spiro atoms. The fourth-order valence-electron chi connectivity index (χ4n) is 1.56. The highest BCUT2D eigenvalue weighted by molar-refractivity contribution is 6.31. The normalized spacial score (nSPS) is 10.2. The summed E-state index contributed by atoms with van der Waals surface area (Å²) in [6, 6.07) is 5.78. The van der Waals surface area contributed by atoms with Crippen molar-refractivity contribution in [2.24, 2.45) is 0 Å². The summed E-state index contributed by atoms with van der Waals surface area (Å²) in [7, 11) is 0. The van der Waals surface area contributed by atoms with Crippen LogP contribution in [0.2, 0.25) is 5.02 Å². The number of furan rings is 1. The van der Waals surface area contributed by atoms with Crippen LogP contribution in [0.4, 0.5) is 5.69 Å². The molecule has 0 bridgehead atoms. The largest absolute Gasteiger partial charge is 0.478 e. The lowest BCUT2D eigenvalue weighted by Crippen LogP contribution is -2.14. The summed E-state index contributed by atoms with van der Waals surface area (Å²) in [6.45, 7) is 1.71. The Bertz CT molecular complexity index is 648. The van der Waals surface area contributed by atoms with E-state index in [9.17, 15) is 9.59 Å². The molecular formula is C13H10ClNO4. The van der Waals surface area contributed by atoms with Crippen LogP contribution in [0.1, 0.15) is 26.5 Å². The van der Waals surface area contributed by atoms with Gasteiger partial charge in [-0.2, -0.15) is 0 Å². The molecule has 0 unspecified atom stereocenters. The Morgan fingerprint density at radius 2 is 2.05 bits per heavy atom. The van der Waals surface area contributed by atoms with E-state index in [4.69, 9.17) is 21.1 Å². The fraction of sp³-hybridized carbons (Fsp3) is 0.0769. The predicted octanol–water partition coefficient (Wildman–Crippen LogP) is 3.19. The summed E-state index contributed by atoms with van der Waals surface area (Å²) in [5.74, 6) is -1.01. The van der Waals surface area contributed by atoms with E-state index >= 15 is 0 Å². The minimum atomic E-state index is -1.17. The fourth-order valence-corrected chi connectivity index (χ4v) is 1.73. The number of amides is 1. The minimum absolute atomic E-state index is 0.0685. The molecule has 0 saturated heterocycles. The van der Waals surface area contributed by atoms with E-state index in [0.717, 1.165) is 0 Å². The second-order valence-electron chi connectivity index (χ2n) is 3.90. The number of halogens is 1. The number of rotatable bonds is 3. The van der Waals surface area contributed by atoms with Crippen molar-refractivity contribution in [3.63, 3.8) is 0 Å². The third kappa shape index (κ3) is 2.95. The zero-order valence-electron chi connectivity index (χ0n) is 9.94. The molecule has 0 aliphatic carbocycles. The van der Waals surface area contributed by atoms with Gasteiger partial charge in [0.2, 0.25) is 0 Å². The molecule has 1 aromatic carbocycles. The molecule has 5 nitrogen and oxygen atoms in total. The summed E-state index contributed by atoms with van der Waals surface area (Å²) in [4.78, 5) is 23.0. The van der Waals surface area contributed by atoms with Gasteiger partial charge in [0.1, 0.15) is 12.0 Å². The maximum Gasteiger partial charge on any atom is 0.337 e. The number of anilines is 1. The molecule has 0 aliphatic rings. The molecule has 98 valence electrons. The average molecular weight is 280 g/mol. The Morgan fingerprint density at radius 3 is 2.63 bits per heavy atom. The number of carbonyl (C=O) groups is 2. The number of carboxylic acids is 1. The number of hydrogen-bond donors (Lipinski definition) is 2. The van der Waals surface area contributed by atoms with Crippen molar-refractivity contribution in [3.8, 4) is 0 Å². The van der Waals surface area contributed by atoms with Gasteiger partial charge >= 0.3 is 5.97 Å². The summed E-state index contributed by atoms with van der Waals surface area (Å²) in [5.41, 5.74) is 0.436. The van der Waals surface area contributed by atoms with Gasteiger partial charge in [-0.25, -0.2) is 4.79 Å². The van der Waals surface area contributed by atoms with Crippen LogP contribution < -0.4 is 5.32 Å². The Morgan fingerprint density at radius 1 is 1.32 bits per heavy atom. The molecule has 2 N–H and O–H groups in total. The zero-order valence-corrected chi connectivity index (χ0v) is 10.7. The van der Waals surface area contributed by atoms with Crippen LogP contribution in [-0.4, -0.2) is 17.0 Å². The van der Waals surface area contributed by atoms with E-state index in [1.165, 1.54) is 24.5 Å². The Labute approximate surface area is 113 Å². The highest BCUT2D eigenvalue weighted by Gasteiger charge is 2.15. The van der Waals surface area contributed by atoms with Crippen LogP contribution in [0, 0.1) is 6.92 Å². The minimum Gasteiger partial charge on any atom is -0.478 e. The van der Waals surface area contributed by atoms with Crippen LogP contribution in [0.25, 0.3) is 0 Å². The summed E-state index contributed by atoms with van der Waals surface area (Å²) >= 11 is 5.73. The lowest BCUT2D eigenvalue weighted by atomic mass is 10.1. The SMILES string of the molecule is Cc1cc(C(=O)Nc2ccc(Cl)cc2C(=O)O)co1. The van der Waals surface area contributed by atoms with E-state index in [-0.39, 0.29) is 16.3 Å². The van der Waals surface area contributed by atoms with Crippen molar-refractivity contribution in [1.82, 2.24) is 0 Å². The van der Waals surface area contributed by atoms with Crippen LogP contribution in [-0.2, 0) is 0 Å². The number of benzene rings is 1. The first-order valence-corrected chi connectivity index (χ1v) is 5.74. The molecule has 0 fully saturated rings. The van der Waals surface area contributed by atoms with E-state index < -0.39 is 11.9 Å². The third-order valence-corrected chi connectivity index (χ3v) is 2.69. The Hall–Kier alpha value is -2.27. The number of aryl methyl sites for hydroxylation is 1. The van der Waals surface area contributed by atoms with Gasteiger partial charge in [-0.3, -0.25) is 4.79 Å². The molecule has 6 heteroatoms. The van der Waals surface area contributed by atoms with Crippen LogP contribution in [0.3, 0.4) is 0 Å². The molecule has 0 saturated carbocycles. The van der Waals surface area contributed by atoms with Gasteiger partial charge in [-0.05, 0) is 31.2 Å². The molecule has 1 aromatic heterocycles. The molecule has 0 atom stereocenters. The molecule has 1 amide bonds. The third-order valence-electron chi connectivity index (χ3n) is 2.45. The van der Waals surface area contributed by atoms with Crippen LogP contribution in [0.5, 0.6) is 0 Å². The van der Waals surface area contributed by atoms with Crippen LogP contribution >= 0.6 is 11.6 Å². The average Bonchev–Trinajstić information content (AvgIpc) is 2.78. The summed E-state index contributed by atoms with van der Waals surface area (Å²) < 4.78 is 5.02. The summed E-state index contributed by atoms with van der Waals surface area (Å²) in [5, 5.41) is 11.8. The highest BCUT2D eigenvalue weighted by atomic mass is 35.5. The van der Waals surface area contributed by atoms with E-state index in [2.05, 4.69) is 5.32 Å². The van der Waals surface area contributed by atoms with Gasteiger partial charge in [0.05, 0.1) is 16.8 Å². The second kappa shape index (κ2) is 5.16. The van der Waals surface area contributed by atoms with E-state index in [1.54, 1.807) is 13.0 Å². The standard InChI is InChI=1S/C13H10ClNO4/c1-7-4-8(6-19-7)12(16)15-11-3-2-9(14)5-10(11)13(17)18/h2-6H,1H3,(H,15,16)(H,17,18). The van der Waals surface area contributed by atoms with E-state index in [0.29, 0.717) is 11.3 Å². The van der Waals surface area contributed by atoms with Crippen molar-refractivity contribution >= 4 is 29.2 Å². The number of aromatic carboxylic acids is 1. The maximum absolute atomic E-state index is 11.9. The first kappa shape index (κ1) is 13.2. The first-order valence-electron chi connectivity index (χ1n) is 5.36. The smallest absolute Gasteiger partial charge is 0.337 e. The van der Waals surface area contributed by atoms with E-state index in [1.807, 2.05) is 0 Å². The monoisotopic (exact) mass is 279 g/mol. The lowest BCUT2D eigenvalue weighted by molar-refractivity contribution is 0.0698. The summed E-state index contributed by atoms with van der Waals surface area (Å²) in [6.07, 6.45) is 1.31. The molecule has 19 heavy (non-hydrogen) atoms. The van der Waals surface area contributed by atoms with Gasteiger partial charge in [0.25, 0.3) is 5.91 Å². The van der Waals surface area contributed by atoms with Crippen molar-refractivity contribution in [3.05, 3.63) is 52.4 Å². The number of carbonyl (C=O) groups excluding carboxylic acids is 1. The molecule has 2 aromatic rings. The topological polar surface area (TPSA) is 79.5 Å². The quantitative estimate of drug-likeness (QED) is 0.904. The lowest BCUT2D eigenvalue weighted by Gasteiger charge is -2.07. The van der Waals surface area contributed by atoms with Crippen molar-refractivity contribution in [2.75, 3.05) is 5.32 Å². The number of nitrogens with one attached hydrogen (secondary N) is 1. The highest BCUT2D eigenvalue weighted by Crippen LogP contribution is 2.21. The number of carboxylic acid groups (broad SMARTS) is 1. The second-order valence-corrected chi connectivity index (χ2v) is 4.33. The zero-order chi connectivity index (χ0) is 14.0. The van der Waals surface area contributed by atoms with Crippen molar-refractivity contribution in [1.29, 1.82) is 0 Å². The molecular weight excluding hydrogens is 270 g/mol. The Kier molecular flexibility index (Phi) is 3.57. The Balaban J connectivity index is 2.28. The van der Waals surface area contributed by atoms with Crippen molar-refractivity contribution in [2.45, 2.75) is 6.92 Å². The van der Waals surface area contributed by atoms with Gasteiger partial charge in [-0.1, -0.05) is 11.6 Å². The predicted molar refractivity (Wildman–Crippen MR) is 69.8 cm³/mol. The molecule has 0 radical (unpaired) electrons. The van der Waals surface area contributed by atoms with Crippen molar-refractivity contribution < 1.29 is 19.1 Å². The van der Waals surface area contributed by atoms with Gasteiger partial charge in [0.15, 0.2) is 0 Å². The molecule has 1 heterocycles. The first-order chi connectivity index (χ1) is 8.97. The van der Waals surface area contributed by atoms with Crippen LogP contribution in [0.15, 0.2) is 34.9 Å². The van der Waals surface area contributed by atoms with Gasteiger partial charge < -0.3 is 14.8 Å². The molecule has 0 aliphatic heterocycles. The number of hydrogen-bond acceptors (Lipinski definition) is 3.